The van der Waals surface area contributed by atoms with Crippen molar-refractivity contribution >= 4 is 17.9 Å². The molecule has 0 aliphatic carbocycles. The molecule has 0 aromatic heterocycles. The van der Waals surface area contributed by atoms with Crippen LogP contribution in [-0.4, -0.2) is 37.2 Å². The smallest absolute Gasteiger partial charge is 0.306 e. The molecule has 0 radical (unpaired) electrons. The van der Waals surface area contributed by atoms with E-state index < -0.39 is 6.10 Å². The van der Waals surface area contributed by atoms with E-state index in [0.717, 1.165) is 109 Å². The summed E-state index contributed by atoms with van der Waals surface area (Å²) < 4.78 is 17.0. The maximum absolute atomic E-state index is 13.0. The number of unbranched alkanes of at least 4 members (excludes halogenated alkanes) is 38. The van der Waals surface area contributed by atoms with Crippen molar-refractivity contribution in [2.24, 2.45) is 0 Å². The highest BCUT2D eigenvalue weighted by Gasteiger charge is 2.19. The number of hydrogen-bond acceptors (Lipinski definition) is 6. The van der Waals surface area contributed by atoms with E-state index in [1.54, 1.807) is 0 Å². The molecule has 0 amide bonds. The van der Waals surface area contributed by atoms with E-state index in [1.807, 2.05) is 0 Å². The van der Waals surface area contributed by atoms with Gasteiger partial charge in [0.25, 0.3) is 0 Å². The molecular formula is C77H134O6. The summed E-state index contributed by atoms with van der Waals surface area (Å²) in [6, 6.07) is 0. The van der Waals surface area contributed by atoms with Crippen molar-refractivity contribution in [1.82, 2.24) is 0 Å². The Kier molecular flexibility index (Phi) is 67.7. The second-order valence-electron chi connectivity index (χ2n) is 23.8. The van der Waals surface area contributed by atoms with E-state index in [-0.39, 0.29) is 31.1 Å². The molecule has 0 saturated carbocycles. The molecule has 478 valence electrons. The number of esters is 3. The first kappa shape index (κ1) is 79.3. The minimum Gasteiger partial charge on any atom is -0.462 e. The van der Waals surface area contributed by atoms with Crippen molar-refractivity contribution in [2.75, 3.05) is 13.2 Å². The van der Waals surface area contributed by atoms with Gasteiger partial charge in [0, 0.05) is 19.3 Å². The van der Waals surface area contributed by atoms with Crippen LogP contribution in [0, 0.1) is 0 Å². The molecule has 83 heavy (non-hydrogen) atoms. The van der Waals surface area contributed by atoms with Gasteiger partial charge in [-0.3, -0.25) is 14.4 Å². The van der Waals surface area contributed by atoms with Gasteiger partial charge in [-0.2, -0.15) is 0 Å². The summed E-state index contributed by atoms with van der Waals surface area (Å²) in [5, 5.41) is 0. The maximum atomic E-state index is 13.0. The Morgan fingerprint density at radius 2 is 0.434 bits per heavy atom. The Morgan fingerprint density at radius 1 is 0.241 bits per heavy atom. The van der Waals surface area contributed by atoms with Gasteiger partial charge in [0.15, 0.2) is 6.10 Å². The van der Waals surface area contributed by atoms with E-state index in [4.69, 9.17) is 14.2 Å². The van der Waals surface area contributed by atoms with E-state index in [2.05, 4.69) is 118 Å². The van der Waals surface area contributed by atoms with Crippen LogP contribution in [0.2, 0.25) is 0 Å². The number of rotatable bonds is 65. The van der Waals surface area contributed by atoms with E-state index in [0.29, 0.717) is 19.3 Å². The first-order chi connectivity index (χ1) is 41.0. The first-order valence-corrected chi connectivity index (χ1v) is 35.7. The Bertz CT molecular complexity index is 1610. The van der Waals surface area contributed by atoms with Crippen LogP contribution >= 0.6 is 0 Å². The van der Waals surface area contributed by atoms with Crippen molar-refractivity contribution in [3.05, 3.63) is 97.2 Å². The van der Waals surface area contributed by atoms with Gasteiger partial charge in [-0.15, -0.1) is 0 Å². The molecule has 1 atom stereocenters. The topological polar surface area (TPSA) is 78.9 Å². The molecule has 0 spiro atoms. The summed E-state index contributed by atoms with van der Waals surface area (Å²) in [5.41, 5.74) is 0. The molecule has 0 N–H and O–H groups in total. The average Bonchev–Trinajstić information content (AvgIpc) is 3.49. The van der Waals surface area contributed by atoms with E-state index in [9.17, 15) is 14.4 Å². The molecule has 0 aliphatic rings. The lowest BCUT2D eigenvalue weighted by atomic mass is 10.0. The maximum Gasteiger partial charge on any atom is 0.306 e. The summed E-state index contributed by atoms with van der Waals surface area (Å²) in [5.74, 6) is -0.897. The summed E-state index contributed by atoms with van der Waals surface area (Å²) >= 11 is 0. The fraction of sp³-hybridized carbons (Fsp3) is 0.753. The zero-order chi connectivity index (χ0) is 59.9. The summed E-state index contributed by atoms with van der Waals surface area (Å²) in [7, 11) is 0. The minimum atomic E-state index is -0.794. The van der Waals surface area contributed by atoms with Crippen molar-refractivity contribution in [1.29, 1.82) is 0 Å². The lowest BCUT2D eigenvalue weighted by Gasteiger charge is -2.18. The molecule has 0 rings (SSSR count). The van der Waals surface area contributed by atoms with Crippen molar-refractivity contribution in [2.45, 2.75) is 361 Å². The van der Waals surface area contributed by atoms with Crippen LogP contribution < -0.4 is 0 Å². The highest BCUT2D eigenvalue weighted by molar-refractivity contribution is 5.71. The third-order valence-electron chi connectivity index (χ3n) is 15.5. The highest BCUT2D eigenvalue weighted by Crippen LogP contribution is 2.17. The number of carbonyl (C=O) groups excluding carboxylic acids is 3. The van der Waals surface area contributed by atoms with Crippen molar-refractivity contribution < 1.29 is 28.6 Å². The molecule has 6 heteroatoms. The zero-order valence-corrected chi connectivity index (χ0v) is 54.9. The largest absolute Gasteiger partial charge is 0.462 e. The molecule has 0 aromatic rings. The van der Waals surface area contributed by atoms with Gasteiger partial charge in [-0.25, -0.2) is 0 Å². The second kappa shape index (κ2) is 70.8. The molecule has 1 unspecified atom stereocenters. The molecule has 6 nitrogen and oxygen atoms in total. The van der Waals surface area contributed by atoms with Gasteiger partial charge >= 0.3 is 17.9 Å². The Morgan fingerprint density at radius 3 is 0.699 bits per heavy atom. The summed E-state index contributed by atoms with van der Waals surface area (Å²) in [4.78, 5) is 38.5. The predicted octanol–water partition coefficient (Wildman–Crippen LogP) is 24.8. The molecule has 0 aliphatic heterocycles. The molecule has 0 bridgehead atoms. The first-order valence-electron chi connectivity index (χ1n) is 35.7. The van der Waals surface area contributed by atoms with Crippen LogP contribution in [0.3, 0.4) is 0 Å². The fourth-order valence-electron chi connectivity index (χ4n) is 10.1. The molecule has 0 aromatic carbocycles. The SMILES string of the molecule is CCCCC/C=C\C/C=C\C/C=C\CCCCCCCCC(=O)OCC(COC(=O)CCCCCCCCCCCCCCC/C=C\C/C=C\CCCCCCC)OC(=O)CCCCCCCC/C=C\C/C=C\C/C=C\CCCCCCC. The van der Waals surface area contributed by atoms with Crippen LogP contribution in [0.1, 0.15) is 355 Å². The highest BCUT2D eigenvalue weighted by atomic mass is 16.6. The van der Waals surface area contributed by atoms with Crippen LogP contribution in [0.15, 0.2) is 97.2 Å². The Balaban J connectivity index is 4.40. The van der Waals surface area contributed by atoms with Crippen LogP contribution in [0.5, 0.6) is 0 Å². The van der Waals surface area contributed by atoms with Crippen LogP contribution in [0.25, 0.3) is 0 Å². The van der Waals surface area contributed by atoms with Gasteiger partial charge in [0.05, 0.1) is 0 Å². The lowest BCUT2D eigenvalue weighted by Crippen LogP contribution is -2.30. The minimum absolute atomic E-state index is 0.0865. The fourth-order valence-corrected chi connectivity index (χ4v) is 10.1. The van der Waals surface area contributed by atoms with Gasteiger partial charge < -0.3 is 14.2 Å². The second-order valence-corrected chi connectivity index (χ2v) is 23.8. The normalized spacial score (nSPS) is 12.7. The molecule has 0 saturated heterocycles. The lowest BCUT2D eigenvalue weighted by molar-refractivity contribution is -0.167. The van der Waals surface area contributed by atoms with Gasteiger partial charge in [-0.1, -0.05) is 304 Å². The third kappa shape index (κ3) is 69.0. The van der Waals surface area contributed by atoms with Gasteiger partial charge in [0.1, 0.15) is 13.2 Å². The number of hydrogen-bond donors (Lipinski definition) is 0. The predicted molar refractivity (Wildman–Crippen MR) is 362 cm³/mol. The van der Waals surface area contributed by atoms with Gasteiger partial charge in [-0.05, 0) is 128 Å². The molecular weight excluding hydrogens is 1020 g/mol. The quantitative estimate of drug-likeness (QED) is 0.0261. The number of allylic oxidation sites excluding steroid dienone is 16. The Hall–Kier alpha value is -3.67. The van der Waals surface area contributed by atoms with Gasteiger partial charge in [0.2, 0.25) is 0 Å². The molecule has 0 heterocycles. The van der Waals surface area contributed by atoms with E-state index in [1.165, 1.54) is 205 Å². The number of ether oxygens (including phenoxy) is 3. The van der Waals surface area contributed by atoms with Crippen LogP contribution in [0.4, 0.5) is 0 Å². The Labute approximate surface area is 515 Å². The number of carbonyl (C=O) groups is 3. The van der Waals surface area contributed by atoms with E-state index >= 15 is 0 Å². The third-order valence-corrected chi connectivity index (χ3v) is 15.5. The van der Waals surface area contributed by atoms with Crippen molar-refractivity contribution in [3.8, 4) is 0 Å². The summed E-state index contributed by atoms with van der Waals surface area (Å²) in [6.07, 6.45) is 95.6. The molecule has 0 fully saturated rings. The monoisotopic (exact) mass is 1160 g/mol. The van der Waals surface area contributed by atoms with Crippen molar-refractivity contribution in [3.63, 3.8) is 0 Å². The summed E-state index contributed by atoms with van der Waals surface area (Å²) in [6.45, 7) is 6.61. The average molecular weight is 1160 g/mol. The standard InChI is InChI=1S/C77H134O6/c1-4-7-10-13-16-19-22-25-28-31-34-36-37-38-39-41-43-46-49-52-55-58-61-64-67-70-76(79)82-73-74(72-81-75(78)69-66-63-60-57-54-51-48-45-42-33-30-27-24-21-18-15-12-9-6-3)83-77(80)71-68-65-62-59-56-53-50-47-44-40-35-32-29-26-23-20-17-14-11-8-5-2/h18,21-23,25-27,30-32,34-35,42,44-45,47,74H,4-17,19-20,24,28-29,33,36-41,43,46,48-73H2,1-3H3/b21-18-,25-22-,26-23-,30-27-,34-31-,35-32-,45-42-,47-44-. The zero-order valence-electron chi connectivity index (χ0n) is 54.9. The van der Waals surface area contributed by atoms with Crippen LogP contribution in [-0.2, 0) is 28.6 Å².